The van der Waals surface area contributed by atoms with Crippen LogP contribution in [0, 0.1) is 6.92 Å². The SMILES string of the molecule is Cc1ccccc1C1CC(N)C1. The average molecular weight is 161 g/mol. The topological polar surface area (TPSA) is 26.0 Å². The second kappa shape index (κ2) is 2.91. The van der Waals surface area contributed by atoms with Gasteiger partial charge in [0.25, 0.3) is 0 Å². The molecule has 1 fully saturated rings. The molecule has 12 heavy (non-hydrogen) atoms. The summed E-state index contributed by atoms with van der Waals surface area (Å²) in [4.78, 5) is 0. The minimum atomic E-state index is 0.453. The monoisotopic (exact) mass is 161 g/mol. The van der Waals surface area contributed by atoms with Gasteiger partial charge in [-0.3, -0.25) is 0 Å². The van der Waals surface area contributed by atoms with Crippen molar-refractivity contribution in [3.05, 3.63) is 35.4 Å². The van der Waals surface area contributed by atoms with Crippen molar-refractivity contribution in [3.8, 4) is 0 Å². The van der Waals surface area contributed by atoms with Gasteiger partial charge in [0.05, 0.1) is 0 Å². The minimum absolute atomic E-state index is 0.453. The normalized spacial score (nSPS) is 28.2. The van der Waals surface area contributed by atoms with Gasteiger partial charge in [0.1, 0.15) is 0 Å². The first-order chi connectivity index (χ1) is 5.77. The number of hydrogen-bond donors (Lipinski definition) is 1. The summed E-state index contributed by atoms with van der Waals surface area (Å²) in [5.74, 6) is 0.737. The zero-order chi connectivity index (χ0) is 8.55. The Bertz CT molecular complexity index is 274. The maximum absolute atomic E-state index is 5.76. The molecule has 0 spiro atoms. The van der Waals surface area contributed by atoms with Crippen LogP contribution in [0.5, 0.6) is 0 Å². The van der Waals surface area contributed by atoms with E-state index in [0.29, 0.717) is 6.04 Å². The molecule has 1 nitrogen and oxygen atoms in total. The molecule has 1 aliphatic rings. The first-order valence-electron chi connectivity index (χ1n) is 4.58. The summed E-state index contributed by atoms with van der Waals surface area (Å²) >= 11 is 0. The molecule has 1 aromatic rings. The number of hydrogen-bond acceptors (Lipinski definition) is 1. The smallest absolute Gasteiger partial charge is 0.00504 e. The van der Waals surface area contributed by atoms with Gasteiger partial charge in [0.2, 0.25) is 0 Å². The maximum Gasteiger partial charge on any atom is 0.00504 e. The van der Waals surface area contributed by atoms with E-state index in [1.165, 1.54) is 24.0 Å². The first kappa shape index (κ1) is 7.81. The van der Waals surface area contributed by atoms with Gasteiger partial charge in [-0.2, -0.15) is 0 Å². The third-order valence-electron chi connectivity index (χ3n) is 2.80. The Morgan fingerprint density at radius 3 is 2.50 bits per heavy atom. The average Bonchev–Trinajstić information content (AvgIpc) is 2.01. The number of benzene rings is 1. The zero-order valence-corrected chi connectivity index (χ0v) is 7.46. The summed E-state index contributed by atoms with van der Waals surface area (Å²) in [5, 5.41) is 0. The Hall–Kier alpha value is -0.820. The highest BCUT2D eigenvalue weighted by molar-refractivity contribution is 5.31. The van der Waals surface area contributed by atoms with Crippen LogP contribution < -0.4 is 5.73 Å². The van der Waals surface area contributed by atoms with Gasteiger partial charge >= 0.3 is 0 Å². The van der Waals surface area contributed by atoms with Gasteiger partial charge in [-0.15, -0.1) is 0 Å². The molecule has 1 aliphatic carbocycles. The first-order valence-corrected chi connectivity index (χ1v) is 4.58. The van der Waals surface area contributed by atoms with Crippen molar-refractivity contribution >= 4 is 0 Å². The maximum atomic E-state index is 5.76. The molecule has 1 aromatic carbocycles. The highest BCUT2D eigenvalue weighted by Gasteiger charge is 2.27. The van der Waals surface area contributed by atoms with Gasteiger partial charge in [0, 0.05) is 6.04 Å². The molecule has 1 saturated carbocycles. The fourth-order valence-corrected chi connectivity index (χ4v) is 1.96. The van der Waals surface area contributed by atoms with Crippen molar-refractivity contribution in [1.82, 2.24) is 0 Å². The molecule has 1 heteroatoms. The van der Waals surface area contributed by atoms with Crippen LogP contribution in [0.25, 0.3) is 0 Å². The van der Waals surface area contributed by atoms with Crippen LogP contribution in [0.3, 0.4) is 0 Å². The van der Waals surface area contributed by atoms with E-state index in [4.69, 9.17) is 5.73 Å². The molecular weight excluding hydrogens is 146 g/mol. The fraction of sp³-hybridized carbons (Fsp3) is 0.455. The molecule has 0 amide bonds. The fourth-order valence-electron chi connectivity index (χ4n) is 1.96. The molecule has 0 heterocycles. The Morgan fingerprint density at radius 1 is 1.25 bits per heavy atom. The van der Waals surface area contributed by atoms with Crippen molar-refractivity contribution in [2.75, 3.05) is 0 Å². The molecule has 0 unspecified atom stereocenters. The lowest BCUT2D eigenvalue weighted by Crippen LogP contribution is -2.34. The highest BCUT2D eigenvalue weighted by Crippen LogP contribution is 2.36. The van der Waals surface area contributed by atoms with Crippen molar-refractivity contribution in [2.45, 2.75) is 31.7 Å². The van der Waals surface area contributed by atoms with E-state index in [9.17, 15) is 0 Å². The van der Waals surface area contributed by atoms with Gasteiger partial charge in [-0.25, -0.2) is 0 Å². The van der Waals surface area contributed by atoms with E-state index >= 15 is 0 Å². The molecule has 0 bridgehead atoms. The van der Waals surface area contributed by atoms with Crippen LogP contribution in [0.1, 0.15) is 29.9 Å². The van der Waals surface area contributed by atoms with Crippen LogP contribution in [0.15, 0.2) is 24.3 Å². The minimum Gasteiger partial charge on any atom is -0.328 e. The van der Waals surface area contributed by atoms with Gasteiger partial charge in [0.15, 0.2) is 0 Å². The summed E-state index contributed by atoms with van der Waals surface area (Å²) in [6, 6.07) is 9.07. The van der Waals surface area contributed by atoms with Crippen molar-refractivity contribution in [3.63, 3.8) is 0 Å². The van der Waals surface area contributed by atoms with Crippen LogP contribution >= 0.6 is 0 Å². The van der Waals surface area contributed by atoms with Crippen molar-refractivity contribution in [1.29, 1.82) is 0 Å². The third kappa shape index (κ3) is 1.25. The zero-order valence-electron chi connectivity index (χ0n) is 7.46. The molecule has 0 aromatic heterocycles. The molecule has 64 valence electrons. The van der Waals surface area contributed by atoms with Crippen LogP contribution in [-0.2, 0) is 0 Å². The molecule has 0 saturated heterocycles. The van der Waals surface area contributed by atoms with E-state index in [0.717, 1.165) is 5.92 Å². The van der Waals surface area contributed by atoms with Crippen LogP contribution in [-0.4, -0.2) is 6.04 Å². The Balaban J connectivity index is 2.18. The highest BCUT2D eigenvalue weighted by atomic mass is 14.7. The lowest BCUT2D eigenvalue weighted by atomic mass is 9.75. The van der Waals surface area contributed by atoms with Gasteiger partial charge < -0.3 is 5.73 Å². The Labute approximate surface area is 73.6 Å². The molecule has 0 aliphatic heterocycles. The summed E-state index contributed by atoms with van der Waals surface area (Å²) < 4.78 is 0. The molecule has 0 radical (unpaired) electrons. The molecule has 2 rings (SSSR count). The Kier molecular flexibility index (Phi) is 1.89. The predicted octanol–water partition coefficient (Wildman–Crippen LogP) is 2.20. The van der Waals surface area contributed by atoms with E-state index in [-0.39, 0.29) is 0 Å². The summed E-state index contributed by atoms with van der Waals surface area (Å²) in [5.41, 5.74) is 8.67. The molecule has 0 atom stereocenters. The van der Waals surface area contributed by atoms with Gasteiger partial charge in [-0.05, 0) is 36.8 Å². The summed E-state index contributed by atoms with van der Waals surface area (Å²) in [7, 11) is 0. The lowest BCUT2D eigenvalue weighted by molar-refractivity contribution is 0.350. The van der Waals surface area contributed by atoms with E-state index < -0.39 is 0 Å². The third-order valence-corrected chi connectivity index (χ3v) is 2.80. The number of nitrogens with two attached hydrogens (primary N) is 1. The second-order valence-corrected chi connectivity index (χ2v) is 3.78. The standard InChI is InChI=1S/C11H15N/c1-8-4-2-3-5-11(8)9-6-10(12)7-9/h2-5,9-10H,6-7,12H2,1H3. The van der Waals surface area contributed by atoms with E-state index in [2.05, 4.69) is 31.2 Å². The van der Waals surface area contributed by atoms with E-state index in [1.807, 2.05) is 0 Å². The van der Waals surface area contributed by atoms with Crippen LogP contribution in [0.2, 0.25) is 0 Å². The number of rotatable bonds is 1. The second-order valence-electron chi connectivity index (χ2n) is 3.78. The largest absolute Gasteiger partial charge is 0.328 e. The van der Waals surface area contributed by atoms with Crippen molar-refractivity contribution in [2.24, 2.45) is 5.73 Å². The van der Waals surface area contributed by atoms with Gasteiger partial charge in [-0.1, -0.05) is 24.3 Å². The lowest BCUT2D eigenvalue weighted by Gasteiger charge is -2.33. The predicted molar refractivity (Wildman–Crippen MR) is 51.1 cm³/mol. The Morgan fingerprint density at radius 2 is 1.92 bits per heavy atom. The summed E-state index contributed by atoms with van der Waals surface area (Å²) in [6.45, 7) is 2.18. The van der Waals surface area contributed by atoms with E-state index in [1.54, 1.807) is 0 Å². The number of aryl methyl sites for hydroxylation is 1. The molecule has 2 N–H and O–H groups in total. The summed E-state index contributed by atoms with van der Waals surface area (Å²) in [6.07, 6.45) is 2.34. The molecular formula is C11H15N. The van der Waals surface area contributed by atoms with Crippen molar-refractivity contribution < 1.29 is 0 Å². The van der Waals surface area contributed by atoms with Crippen LogP contribution in [0.4, 0.5) is 0 Å². The quantitative estimate of drug-likeness (QED) is 0.671.